The average molecular weight is 253 g/mol. The first-order valence-electron chi connectivity index (χ1n) is 4.75. The quantitative estimate of drug-likeness (QED) is 0.836. The van der Waals surface area contributed by atoms with Crippen molar-refractivity contribution >= 4 is 12.2 Å². The van der Waals surface area contributed by atoms with E-state index in [4.69, 9.17) is 12.2 Å². The topological polar surface area (TPSA) is 24.0 Å². The molecule has 3 nitrogen and oxygen atoms in total. The number of aromatic nitrogens is 2. The third-order valence-corrected chi connectivity index (χ3v) is 2.77. The average Bonchev–Trinajstić information content (AvgIpc) is 2.40. The molecule has 7 heteroatoms. The van der Waals surface area contributed by atoms with E-state index in [1.54, 1.807) is 0 Å². The SMILES string of the molecule is Cc1c(C(F)(F)F)[nH]n(CCN(C)C)c1=S. The third-order valence-electron chi connectivity index (χ3n) is 2.24. The first-order valence-corrected chi connectivity index (χ1v) is 5.15. The maximum Gasteiger partial charge on any atom is 0.433 e. The number of alkyl halides is 3. The Morgan fingerprint density at radius 2 is 1.94 bits per heavy atom. The summed E-state index contributed by atoms with van der Waals surface area (Å²) in [5, 5.41) is 2.31. The number of rotatable bonds is 3. The molecule has 0 amide bonds. The van der Waals surface area contributed by atoms with Crippen LogP contribution in [0, 0.1) is 11.6 Å². The molecule has 0 saturated carbocycles. The van der Waals surface area contributed by atoms with E-state index in [1.165, 1.54) is 11.6 Å². The zero-order valence-corrected chi connectivity index (χ0v) is 10.2. The highest BCUT2D eigenvalue weighted by Crippen LogP contribution is 2.30. The van der Waals surface area contributed by atoms with Crippen molar-refractivity contribution in [2.45, 2.75) is 19.6 Å². The van der Waals surface area contributed by atoms with Crippen molar-refractivity contribution in [1.82, 2.24) is 14.7 Å². The zero-order chi connectivity index (χ0) is 12.5. The molecule has 0 spiro atoms. The van der Waals surface area contributed by atoms with E-state index in [9.17, 15) is 13.2 Å². The van der Waals surface area contributed by atoms with Gasteiger partial charge in [0.05, 0.1) is 6.54 Å². The molecular formula is C9H14F3N3S. The Morgan fingerprint density at radius 1 is 1.38 bits per heavy atom. The van der Waals surface area contributed by atoms with E-state index in [0.29, 0.717) is 13.1 Å². The Bertz CT molecular complexity index is 417. The Balaban J connectivity index is 3.01. The normalized spacial score (nSPS) is 12.4. The van der Waals surface area contributed by atoms with Gasteiger partial charge in [0.2, 0.25) is 0 Å². The van der Waals surface area contributed by atoms with Crippen LogP contribution in [0.4, 0.5) is 13.2 Å². The fraction of sp³-hybridized carbons (Fsp3) is 0.667. The first-order chi connectivity index (χ1) is 7.23. The van der Waals surface area contributed by atoms with Crippen molar-refractivity contribution < 1.29 is 13.2 Å². The number of nitrogens with zero attached hydrogens (tertiary/aromatic N) is 2. The van der Waals surface area contributed by atoms with E-state index in [1.807, 2.05) is 19.0 Å². The number of halogens is 3. The van der Waals surface area contributed by atoms with Gasteiger partial charge in [-0.25, -0.2) is 0 Å². The van der Waals surface area contributed by atoms with Gasteiger partial charge >= 0.3 is 6.18 Å². The van der Waals surface area contributed by atoms with Crippen molar-refractivity contribution in [2.24, 2.45) is 0 Å². The second kappa shape index (κ2) is 4.58. The molecule has 0 atom stereocenters. The van der Waals surface area contributed by atoms with Gasteiger partial charge < -0.3 is 4.90 Å². The summed E-state index contributed by atoms with van der Waals surface area (Å²) < 4.78 is 39.2. The largest absolute Gasteiger partial charge is 0.433 e. The van der Waals surface area contributed by atoms with Gasteiger partial charge in [-0.05, 0) is 21.0 Å². The minimum absolute atomic E-state index is 0.0845. The van der Waals surface area contributed by atoms with Crippen LogP contribution < -0.4 is 0 Å². The van der Waals surface area contributed by atoms with E-state index < -0.39 is 11.9 Å². The van der Waals surface area contributed by atoms with Crippen LogP contribution in [-0.4, -0.2) is 35.3 Å². The molecule has 1 rings (SSSR count). The molecule has 1 aromatic heterocycles. The van der Waals surface area contributed by atoms with E-state index in [-0.39, 0.29) is 10.2 Å². The lowest BCUT2D eigenvalue weighted by Crippen LogP contribution is -2.19. The lowest BCUT2D eigenvalue weighted by Gasteiger charge is -2.10. The molecule has 0 saturated heterocycles. The van der Waals surface area contributed by atoms with Gasteiger partial charge in [0.15, 0.2) is 0 Å². The van der Waals surface area contributed by atoms with Crippen molar-refractivity contribution in [3.05, 3.63) is 15.9 Å². The number of hydrogen-bond donors (Lipinski definition) is 1. The Morgan fingerprint density at radius 3 is 2.31 bits per heavy atom. The number of aromatic amines is 1. The summed E-state index contributed by atoms with van der Waals surface area (Å²) in [4.78, 5) is 1.88. The molecule has 1 aromatic rings. The van der Waals surface area contributed by atoms with Crippen LogP contribution in [0.1, 0.15) is 11.3 Å². The fourth-order valence-corrected chi connectivity index (χ4v) is 1.55. The molecule has 1 N–H and O–H groups in total. The number of H-pyrrole nitrogens is 1. The van der Waals surface area contributed by atoms with Crippen LogP contribution in [0.25, 0.3) is 0 Å². The Hall–Kier alpha value is -0.820. The van der Waals surface area contributed by atoms with Crippen molar-refractivity contribution in [3.63, 3.8) is 0 Å². The van der Waals surface area contributed by atoms with Crippen LogP contribution in [-0.2, 0) is 12.7 Å². The lowest BCUT2D eigenvalue weighted by molar-refractivity contribution is -0.141. The van der Waals surface area contributed by atoms with Crippen LogP contribution in [0.5, 0.6) is 0 Å². The van der Waals surface area contributed by atoms with Gasteiger partial charge in [0, 0.05) is 12.1 Å². The standard InChI is InChI=1S/C9H14F3N3S/c1-6-7(9(10,11)12)13-15(8(6)16)5-4-14(2)3/h13H,4-5H2,1-3H3. The summed E-state index contributed by atoms with van der Waals surface area (Å²) in [6, 6.07) is 0. The lowest BCUT2D eigenvalue weighted by atomic mass is 10.3. The molecule has 0 aliphatic rings. The van der Waals surface area contributed by atoms with E-state index in [2.05, 4.69) is 5.10 Å². The third kappa shape index (κ3) is 2.85. The summed E-state index contributed by atoms with van der Waals surface area (Å²) in [6.07, 6.45) is -4.37. The van der Waals surface area contributed by atoms with Crippen LogP contribution >= 0.6 is 12.2 Å². The molecule has 0 aliphatic carbocycles. The molecule has 0 fully saturated rings. The Labute approximate surface area is 96.8 Å². The zero-order valence-electron chi connectivity index (χ0n) is 9.35. The predicted molar refractivity (Wildman–Crippen MR) is 57.9 cm³/mol. The smallest absolute Gasteiger partial charge is 0.308 e. The van der Waals surface area contributed by atoms with Crippen molar-refractivity contribution in [1.29, 1.82) is 0 Å². The molecule has 0 aliphatic heterocycles. The van der Waals surface area contributed by atoms with Gasteiger partial charge in [-0.1, -0.05) is 12.2 Å². The predicted octanol–water partition coefficient (Wildman–Crippen LogP) is 2.43. The monoisotopic (exact) mass is 253 g/mol. The molecule has 92 valence electrons. The summed E-state index contributed by atoms with van der Waals surface area (Å²) in [7, 11) is 3.70. The molecule has 1 heterocycles. The summed E-state index contributed by atoms with van der Waals surface area (Å²) in [5.41, 5.74) is -0.669. The van der Waals surface area contributed by atoms with E-state index in [0.717, 1.165) is 0 Å². The number of likely N-dealkylation sites (N-methyl/N-ethyl adjacent to an activating group) is 1. The minimum atomic E-state index is -4.37. The number of hydrogen-bond acceptors (Lipinski definition) is 2. The van der Waals surface area contributed by atoms with Crippen molar-refractivity contribution in [3.8, 4) is 0 Å². The van der Waals surface area contributed by atoms with Gasteiger partial charge in [0.1, 0.15) is 10.3 Å². The van der Waals surface area contributed by atoms with Crippen molar-refractivity contribution in [2.75, 3.05) is 20.6 Å². The minimum Gasteiger partial charge on any atom is -0.308 e. The second-order valence-corrected chi connectivity index (χ2v) is 4.26. The van der Waals surface area contributed by atoms with Gasteiger partial charge in [0.25, 0.3) is 0 Å². The molecule has 0 radical (unpaired) electrons. The van der Waals surface area contributed by atoms with Gasteiger partial charge in [-0.3, -0.25) is 9.78 Å². The molecule has 0 bridgehead atoms. The fourth-order valence-electron chi connectivity index (χ4n) is 1.31. The van der Waals surface area contributed by atoms with Crippen LogP contribution in [0.15, 0.2) is 0 Å². The maximum atomic E-state index is 12.5. The summed E-state index contributed by atoms with van der Waals surface area (Å²) in [6.45, 7) is 2.43. The highest BCUT2D eigenvalue weighted by atomic mass is 32.1. The molecule has 16 heavy (non-hydrogen) atoms. The Kier molecular flexibility index (Phi) is 3.80. The second-order valence-electron chi connectivity index (χ2n) is 3.87. The summed E-state index contributed by atoms with van der Waals surface area (Å²) >= 11 is 4.95. The molecule has 0 unspecified atom stereocenters. The van der Waals surface area contributed by atoms with Gasteiger partial charge in [-0.15, -0.1) is 0 Å². The maximum absolute atomic E-state index is 12.5. The molecule has 0 aromatic carbocycles. The van der Waals surface area contributed by atoms with E-state index >= 15 is 0 Å². The highest BCUT2D eigenvalue weighted by molar-refractivity contribution is 7.71. The molecular weight excluding hydrogens is 239 g/mol. The number of nitrogens with one attached hydrogen (secondary N) is 1. The van der Waals surface area contributed by atoms with Crippen LogP contribution in [0.3, 0.4) is 0 Å². The van der Waals surface area contributed by atoms with Gasteiger partial charge in [-0.2, -0.15) is 13.2 Å². The van der Waals surface area contributed by atoms with Crippen LogP contribution in [0.2, 0.25) is 0 Å². The first kappa shape index (κ1) is 13.2. The highest BCUT2D eigenvalue weighted by Gasteiger charge is 2.35. The summed E-state index contributed by atoms with van der Waals surface area (Å²) in [5.74, 6) is 0.